The normalized spacial score (nSPS) is 15.9. The molecule has 31 heavy (non-hydrogen) atoms. The van der Waals surface area contributed by atoms with Crippen molar-refractivity contribution in [3.05, 3.63) is 41.1 Å². The summed E-state index contributed by atoms with van der Waals surface area (Å²) in [6.07, 6.45) is 0. The van der Waals surface area contributed by atoms with Gasteiger partial charge in [0, 0.05) is 25.9 Å². The predicted molar refractivity (Wildman–Crippen MR) is 113 cm³/mol. The number of carbonyl (C=O) groups is 3. The van der Waals surface area contributed by atoms with Crippen molar-refractivity contribution >= 4 is 17.9 Å². The van der Waals surface area contributed by atoms with Crippen molar-refractivity contribution < 1.29 is 28.6 Å². The zero-order valence-corrected chi connectivity index (χ0v) is 18.3. The molecule has 1 aliphatic rings. The maximum absolute atomic E-state index is 12.8. The van der Waals surface area contributed by atoms with Crippen LogP contribution in [0.4, 0.5) is 4.79 Å². The molecule has 1 aliphatic heterocycles. The van der Waals surface area contributed by atoms with E-state index in [1.54, 1.807) is 57.4 Å². The van der Waals surface area contributed by atoms with Crippen LogP contribution in [0, 0.1) is 0 Å². The molecule has 0 saturated heterocycles. The maximum atomic E-state index is 12.8. The molecule has 1 aromatic carbocycles. The topological polar surface area (TPSA) is 118 Å². The van der Waals surface area contributed by atoms with Gasteiger partial charge in [-0.15, -0.1) is 0 Å². The first kappa shape index (κ1) is 24.2. The van der Waals surface area contributed by atoms with Crippen molar-refractivity contribution in [3.63, 3.8) is 0 Å². The standard InChI is InChI=1S/C21H30N4O6/c1-5-31-20(27)18-16(12-25(2)13-17(26)22-10-11-29-3)23-21(28)24-19(18)14-6-8-15(30-4)9-7-14/h6-9,19H,5,10-13H2,1-4H3,(H,22,26)(H2,23,24,28)/t19-/m0/s1. The molecule has 0 saturated carbocycles. The molecule has 10 heteroatoms. The number of likely N-dealkylation sites (N-methyl/N-ethyl adjacent to an activating group) is 1. The van der Waals surface area contributed by atoms with Gasteiger partial charge in [-0.05, 0) is 31.7 Å². The first-order valence-corrected chi connectivity index (χ1v) is 9.95. The smallest absolute Gasteiger partial charge is 0.338 e. The van der Waals surface area contributed by atoms with E-state index in [4.69, 9.17) is 14.2 Å². The van der Waals surface area contributed by atoms with Gasteiger partial charge in [0.15, 0.2) is 0 Å². The van der Waals surface area contributed by atoms with Crippen LogP contribution in [0.15, 0.2) is 35.5 Å². The van der Waals surface area contributed by atoms with Gasteiger partial charge < -0.3 is 30.2 Å². The molecule has 10 nitrogen and oxygen atoms in total. The zero-order valence-electron chi connectivity index (χ0n) is 18.3. The van der Waals surface area contributed by atoms with E-state index in [1.807, 2.05) is 0 Å². The highest BCUT2D eigenvalue weighted by Gasteiger charge is 2.34. The fourth-order valence-corrected chi connectivity index (χ4v) is 3.16. The van der Waals surface area contributed by atoms with Crippen LogP contribution in [0.3, 0.4) is 0 Å². The van der Waals surface area contributed by atoms with E-state index < -0.39 is 18.0 Å². The van der Waals surface area contributed by atoms with Crippen LogP contribution in [0.25, 0.3) is 0 Å². The lowest BCUT2D eigenvalue weighted by Crippen LogP contribution is -2.49. The van der Waals surface area contributed by atoms with Gasteiger partial charge in [-0.2, -0.15) is 0 Å². The van der Waals surface area contributed by atoms with Crippen molar-refractivity contribution in [2.45, 2.75) is 13.0 Å². The van der Waals surface area contributed by atoms with Gasteiger partial charge in [-0.1, -0.05) is 12.1 Å². The minimum atomic E-state index is -0.697. The Morgan fingerprint density at radius 2 is 1.90 bits per heavy atom. The summed E-state index contributed by atoms with van der Waals surface area (Å²) < 4.78 is 15.3. The summed E-state index contributed by atoms with van der Waals surface area (Å²) in [4.78, 5) is 38.9. The molecule has 0 bridgehead atoms. The summed E-state index contributed by atoms with van der Waals surface area (Å²) in [6, 6.07) is 5.92. The van der Waals surface area contributed by atoms with E-state index in [1.165, 1.54) is 0 Å². The van der Waals surface area contributed by atoms with E-state index >= 15 is 0 Å². The molecule has 170 valence electrons. The zero-order chi connectivity index (χ0) is 22.8. The molecular weight excluding hydrogens is 404 g/mol. The maximum Gasteiger partial charge on any atom is 0.338 e. The van der Waals surface area contributed by atoms with Gasteiger partial charge in [0.1, 0.15) is 5.75 Å². The predicted octanol–water partition coefficient (Wildman–Crippen LogP) is 0.561. The van der Waals surface area contributed by atoms with E-state index in [0.29, 0.717) is 35.7 Å². The highest BCUT2D eigenvalue weighted by Crippen LogP contribution is 2.29. The third kappa shape index (κ3) is 6.97. The van der Waals surface area contributed by atoms with Crippen molar-refractivity contribution in [1.29, 1.82) is 0 Å². The average Bonchev–Trinajstić information content (AvgIpc) is 2.73. The summed E-state index contributed by atoms with van der Waals surface area (Å²) in [7, 11) is 4.84. The van der Waals surface area contributed by atoms with Gasteiger partial charge in [-0.25, -0.2) is 9.59 Å². The second-order valence-corrected chi connectivity index (χ2v) is 6.93. The number of carbonyl (C=O) groups excluding carboxylic acids is 3. The molecule has 0 aliphatic carbocycles. The van der Waals surface area contributed by atoms with E-state index in [9.17, 15) is 14.4 Å². The number of nitrogens with zero attached hydrogens (tertiary/aromatic N) is 1. The van der Waals surface area contributed by atoms with Crippen LogP contribution in [0.2, 0.25) is 0 Å². The molecule has 2 rings (SSSR count). The molecular formula is C21H30N4O6. The van der Waals surface area contributed by atoms with Gasteiger partial charge in [0.25, 0.3) is 0 Å². The third-order valence-corrected chi connectivity index (χ3v) is 4.57. The number of hydrogen-bond donors (Lipinski definition) is 3. The molecule has 1 atom stereocenters. The van der Waals surface area contributed by atoms with Gasteiger partial charge in [0.05, 0.1) is 38.5 Å². The summed E-state index contributed by atoms with van der Waals surface area (Å²) >= 11 is 0. The largest absolute Gasteiger partial charge is 0.497 e. The Kier molecular flexibility index (Phi) is 9.29. The van der Waals surface area contributed by atoms with E-state index in [0.717, 1.165) is 0 Å². The summed E-state index contributed by atoms with van der Waals surface area (Å²) in [5.41, 5.74) is 1.38. The monoisotopic (exact) mass is 434 g/mol. The highest BCUT2D eigenvalue weighted by atomic mass is 16.5. The van der Waals surface area contributed by atoms with Crippen LogP contribution in [-0.4, -0.2) is 76.9 Å². The number of ether oxygens (including phenoxy) is 3. The first-order valence-electron chi connectivity index (χ1n) is 9.95. The lowest BCUT2D eigenvalue weighted by molar-refractivity contribution is -0.139. The number of urea groups is 1. The highest BCUT2D eigenvalue weighted by molar-refractivity contribution is 5.95. The van der Waals surface area contributed by atoms with E-state index in [2.05, 4.69) is 16.0 Å². The number of rotatable bonds is 11. The van der Waals surface area contributed by atoms with Crippen LogP contribution >= 0.6 is 0 Å². The fourth-order valence-electron chi connectivity index (χ4n) is 3.16. The van der Waals surface area contributed by atoms with Crippen molar-refractivity contribution in [1.82, 2.24) is 20.9 Å². The SMILES string of the molecule is CCOC(=O)C1=C(CN(C)CC(=O)NCCOC)NC(=O)N[C@H]1c1ccc(OC)cc1. The Labute approximate surface area is 181 Å². The Morgan fingerprint density at radius 1 is 1.19 bits per heavy atom. The number of esters is 1. The second-order valence-electron chi connectivity index (χ2n) is 6.93. The number of nitrogens with one attached hydrogen (secondary N) is 3. The Bertz CT molecular complexity index is 809. The first-order chi connectivity index (χ1) is 14.9. The fraction of sp³-hybridized carbons (Fsp3) is 0.476. The molecule has 0 spiro atoms. The number of amides is 3. The van der Waals surface area contributed by atoms with E-state index in [-0.39, 0.29) is 25.6 Å². The lowest BCUT2D eigenvalue weighted by Gasteiger charge is -2.31. The van der Waals surface area contributed by atoms with Crippen LogP contribution in [-0.2, 0) is 19.1 Å². The number of methoxy groups -OCH3 is 2. The average molecular weight is 434 g/mol. The van der Waals surface area contributed by atoms with Gasteiger partial charge >= 0.3 is 12.0 Å². The van der Waals surface area contributed by atoms with Crippen LogP contribution < -0.4 is 20.7 Å². The summed E-state index contributed by atoms with van der Waals surface area (Å²) in [5.74, 6) is -0.0707. The number of benzene rings is 1. The summed E-state index contributed by atoms with van der Waals surface area (Å²) in [6.45, 7) is 2.98. The van der Waals surface area contributed by atoms with Gasteiger partial charge in [-0.3, -0.25) is 9.69 Å². The minimum absolute atomic E-state index is 0.0832. The Morgan fingerprint density at radius 3 is 2.52 bits per heavy atom. The molecule has 0 unspecified atom stereocenters. The van der Waals surface area contributed by atoms with Crippen molar-refractivity contribution in [2.24, 2.45) is 0 Å². The Hall–Kier alpha value is -3.11. The quantitative estimate of drug-likeness (QED) is 0.344. The number of hydrogen-bond acceptors (Lipinski definition) is 7. The lowest BCUT2D eigenvalue weighted by atomic mass is 9.95. The molecule has 1 aromatic rings. The Balaban J connectivity index is 2.27. The molecule has 1 heterocycles. The molecule has 3 N–H and O–H groups in total. The third-order valence-electron chi connectivity index (χ3n) is 4.57. The van der Waals surface area contributed by atoms with Crippen LogP contribution in [0.5, 0.6) is 5.75 Å². The molecule has 3 amide bonds. The van der Waals surface area contributed by atoms with Crippen LogP contribution in [0.1, 0.15) is 18.5 Å². The van der Waals surface area contributed by atoms with Crippen molar-refractivity contribution in [2.75, 3.05) is 54.1 Å². The summed E-state index contributed by atoms with van der Waals surface area (Å²) in [5, 5.41) is 8.21. The minimum Gasteiger partial charge on any atom is -0.497 e. The van der Waals surface area contributed by atoms with Crippen molar-refractivity contribution in [3.8, 4) is 5.75 Å². The molecule has 0 fully saturated rings. The molecule has 0 radical (unpaired) electrons. The van der Waals surface area contributed by atoms with Gasteiger partial charge in [0.2, 0.25) is 5.91 Å². The molecule has 0 aromatic heterocycles. The second kappa shape index (κ2) is 11.9.